The van der Waals surface area contributed by atoms with E-state index in [0.717, 1.165) is 35.4 Å². The molecule has 0 bridgehead atoms. The van der Waals surface area contributed by atoms with Gasteiger partial charge >= 0.3 is 0 Å². The minimum Gasteiger partial charge on any atom is -0.396 e. The zero-order valence-corrected chi connectivity index (χ0v) is 13.3. The predicted octanol–water partition coefficient (Wildman–Crippen LogP) is 3.61. The van der Waals surface area contributed by atoms with Crippen molar-refractivity contribution in [2.75, 3.05) is 24.7 Å². The number of aliphatic hydroxyl groups excluding tert-OH is 1. The van der Waals surface area contributed by atoms with Gasteiger partial charge in [-0.1, -0.05) is 35.0 Å². The molecule has 0 saturated carbocycles. The average molecular weight is 332 g/mol. The normalized spacial score (nSPS) is 12.6. The number of halogens is 1. The molecule has 0 aliphatic rings. The van der Waals surface area contributed by atoms with Crippen LogP contribution < -0.4 is 5.32 Å². The van der Waals surface area contributed by atoms with Gasteiger partial charge < -0.3 is 10.4 Å². The molecule has 1 atom stereocenters. The highest BCUT2D eigenvalue weighted by Crippen LogP contribution is 2.19. The van der Waals surface area contributed by atoms with Crippen LogP contribution in [0.25, 0.3) is 0 Å². The number of benzene rings is 1. The number of rotatable bonds is 9. The number of hydrogen-bond acceptors (Lipinski definition) is 3. The molecule has 2 N–H and O–H groups in total. The SMILES string of the molecule is CCC(NCCSCCCO)c1ccc(Br)cc1. The Morgan fingerprint density at radius 2 is 2.00 bits per heavy atom. The molecule has 102 valence electrons. The van der Waals surface area contributed by atoms with E-state index in [-0.39, 0.29) is 0 Å². The molecule has 0 aliphatic heterocycles. The van der Waals surface area contributed by atoms with E-state index < -0.39 is 0 Å². The van der Waals surface area contributed by atoms with Gasteiger partial charge in [0.25, 0.3) is 0 Å². The zero-order chi connectivity index (χ0) is 13.2. The fourth-order valence-corrected chi connectivity index (χ4v) is 2.83. The first kappa shape index (κ1) is 16.0. The van der Waals surface area contributed by atoms with Crippen molar-refractivity contribution in [1.82, 2.24) is 5.32 Å². The van der Waals surface area contributed by atoms with Crippen LogP contribution in [0.3, 0.4) is 0 Å². The highest BCUT2D eigenvalue weighted by molar-refractivity contribution is 9.10. The van der Waals surface area contributed by atoms with Crippen molar-refractivity contribution in [3.63, 3.8) is 0 Å². The van der Waals surface area contributed by atoms with E-state index in [9.17, 15) is 0 Å². The first-order valence-corrected chi connectivity index (χ1v) is 8.40. The van der Waals surface area contributed by atoms with E-state index in [2.05, 4.69) is 52.4 Å². The minimum absolute atomic E-state index is 0.302. The molecule has 1 aromatic rings. The summed E-state index contributed by atoms with van der Waals surface area (Å²) >= 11 is 5.36. The molecule has 1 rings (SSSR count). The highest BCUT2D eigenvalue weighted by Gasteiger charge is 2.07. The summed E-state index contributed by atoms with van der Waals surface area (Å²) in [5.41, 5.74) is 1.35. The van der Waals surface area contributed by atoms with Crippen LogP contribution in [0.15, 0.2) is 28.7 Å². The largest absolute Gasteiger partial charge is 0.396 e. The van der Waals surface area contributed by atoms with Crippen molar-refractivity contribution in [2.24, 2.45) is 0 Å². The van der Waals surface area contributed by atoms with Crippen molar-refractivity contribution >= 4 is 27.7 Å². The highest BCUT2D eigenvalue weighted by atomic mass is 79.9. The molecule has 1 aromatic carbocycles. The Balaban J connectivity index is 2.27. The maximum Gasteiger partial charge on any atom is 0.0438 e. The fourth-order valence-electron chi connectivity index (χ4n) is 1.77. The van der Waals surface area contributed by atoms with Crippen LogP contribution in [0.5, 0.6) is 0 Å². The summed E-state index contributed by atoms with van der Waals surface area (Å²) in [7, 11) is 0. The van der Waals surface area contributed by atoms with Gasteiger partial charge in [0.1, 0.15) is 0 Å². The number of nitrogens with one attached hydrogen (secondary N) is 1. The fraction of sp³-hybridized carbons (Fsp3) is 0.571. The second-order valence-corrected chi connectivity index (χ2v) is 6.30. The smallest absolute Gasteiger partial charge is 0.0438 e. The van der Waals surface area contributed by atoms with Crippen LogP contribution in [-0.4, -0.2) is 29.8 Å². The summed E-state index contributed by atoms with van der Waals surface area (Å²) in [6.07, 6.45) is 2.00. The molecule has 0 spiro atoms. The van der Waals surface area contributed by atoms with E-state index in [4.69, 9.17) is 5.11 Å². The lowest BCUT2D eigenvalue weighted by Gasteiger charge is -2.17. The van der Waals surface area contributed by atoms with Crippen LogP contribution in [0, 0.1) is 0 Å². The quantitative estimate of drug-likeness (QED) is 0.678. The van der Waals surface area contributed by atoms with Crippen molar-refractivity contribution in [1.29, 1.82) is 0 Å². The Kier molecular flexibility index (Phi) is 8.76. The average Bonchev–Trinajstić information content (AvgIpc) is 2.39. The first-order valence-electron chi connectivity index (χ1n) is 6.45. The lowest BCUT2D eigenvalue weighted by Crippen LogP contribution is -2.23. The van der Waals surface area contributed by atoms with Crippen molar-refractivity contribution in [3.8, 4) is 0 Å². The van der Waals surface area contributed by atoms with Crippen LogP contribution in [0.4, 0.5) is 0 Å². The van der Waals surface area contributed by atoms with Crippen molar-refractivity contribution < 1.29 is 5.11 Å². The molecule has 0 radical (unpaired) electrons. The van der Waals surface area contributed by atoms with Crippen LogP contribution >= 0.6 is 27.7 Å². The van der Waals surface area contributed by atoms with Gasteiger partial charge in [0.15, 0.2) is 0 Å². The van der Waals surface area contributed by atoms with Crippen LogP contribution in [0.2, 0.25) is 0 Å². The molecule has 0 saturated heterocycles. The molecule has 1 unspecified atom stereocenters. The number of aliphatic hydroxyl groups is 1. The van der Waals surface area contributed by atoms with E-state index in [1.807, 2.05) is 11.8 Å². The van der Waals surface area contributed by atoms with Gasteiger partial charge in [-0.05, 0) is 36.3 Å². The second kappa shape index (κ2) is 9.84. The molecule has 4 heteroatoms. The third kappa shape index (κ3) is 6.23. The van der Waals surface area contributed by atoms with Crippen LogP contribution in [0.1, 0.15) is 31.4 Å². The Hall–Kier alpha value is -0.0300. The first-order chi connectivity index (χ1) is 8.77. The predicted molar refractivity (Wildman–Crippen MR) is 84.2 cm³/mol. The zero-order valence-electron chi connectivity index (χ0n) is 10.9. The van der Waals surface area contributed by atoms with E-state index in [1.165, 1.54) is 5.56 Å². The third-order valence-corrected chi connectivity index (χ3v) is 4.36. The summed E-state index contributed by atoms with van der Waals surface area (Å²) in [5.74, 6) is 2.15. The molecule has 0 heterocycles. The Bertz CT molecular complexity index is 318. The van der Waals surface area contributed by atoms with Gasteiger partial charge in [-0.2, -0.15) is 11.8 Å². The molecule has 0 aromatic heterocycles. The third-order valence-electron chi connectivity index (χ3n) is 2.76. The Morgan fingerprint density at radius 1 is 1.28 bits per heavy atom. The maximum absolute atomic E-state index is 8.69. The van der Waals surface area contributed by atoms with Crippen molar-refractivity contribution in [2.45, 2.75) is 25.8 Å². The second-order valence-electron chi connectivity index (χ2n) is 4.16. The summed E-state index contributed by atoms with van der Waals surface area (Å²) in [6, 6.07) is 8.97. The molecule has 18 heavy (non-hydrogen) atoms. The molecule has 0 fully saturated rings. The summed E-state index contributed by atoms with van der Waals surface area (Å²) in [6.45, 7) is 3.53. The van der Waals surface area contributed by atoms with Gasteiger partial charge in [-0.25, -0.2) is 0 Å². The summed E-state index contributed by atoms with van der Waals surface area (Å²) in [5, 5.41) is 12.3. The summed E-state index contributed by atoms with van der Waals surface area (Å²) < 4.78 is 1.13. The molecular weight excluding hydrogens is 310 g/mol. The molecule has 0 aliphatic carbocycles. The van der Waals surface area contributed by atoms with Gasteiger partial charge in [0.05, 0.1) is 0 Å². The Labute approximate surface area is 123 Å². The van der Waals surface area contributed by atoms with E-state index in [1.54, 1.807) is 0 Å². The lowest BCUT2D eigenvalue weighted by atomic mass is 10.1. The Morgan fingerprint density at radius 3 is 2.61 bits per heavy atom. The molecule has 2 nitrogen and oxygen atoms in total. The van der Waals surface area contributed by atoms with Crippen LogP contribution in [-0.2, 0) is 0 Å². The van der Waals surface area contributed by atoms with Gasteiger partial charge in [-0.3, -0.25) is 0 Å². The lowest BCUT2D eigenvalue weighted by molar-refractivity contribution is 0.296. The topological polar surface area (TPSA) is 32.3 Å². The summed E-state index contributed by atoms with van der Waals surface area (Å²) in [4.78, 5) is 0. The van der Waals surface area contributed by atoms with Crippen molar-refractivity contribution in [3.05, 3.63) is 34.3 Å². The van der Waals surface area contributed by atoms with E-state index in [0.29, 0.717) is 12.6 Å². The maximum atomic E-state index is 8.69. The number of thioether (sulfide) groups is 1. The van der Waals surface area contributed by atoms with Gasteiger partial charge in [-0.15, -0.1) is 0 Å². The van der Waals surface area contributed by atoms with Gasteiger partial charge in [0, 0.05) is 29.4 Å². The monoisotopic (exact) mass is 331 g/mol. The molecule has 0 amide bonds. The standard InChI is InChI=1S/C14H22BrNOS/c1-2-14(12-4-6-13(15)7-5-12)16-8-11-18-10-3-9-17/h4-7,14,16-17H,2-3,8-11H2,1H3. The van der Waals surface area contributed by atoms with Gasteiger partial charge in [0.2, 0.25) is 0 Å². The molecular formula is C14H22BrNOS. The number of hydrogen-bond donors (Lipinski definition) is 2. The van der Waals surface area contributed by atoms with E-state index >= 15 is 0 Å². The minimum atomic E-state index is 0.302.